The largest absolute Gasteiger partial charge is 0.507 e. The van der Waals surface area contributed by atoms with Crippen molar-refractivity contribution in [1.82, 2.24) is 10.9 Å². The SMILES string of the molecule is Cc1cc(NC(=O)c2ccccc2Cl)sc1C(=O)NNC(=O)c1cc(Cl)ccc1O. The van der Waals surface area contributed by atoms with Gasteiger partial charge >= 0.3 is 0 Å². The number of aryl methyl sites for hydroxylation is 1. The van der Waals surface area contributed by atoms with E-state index in [1.165, 1.54) is 18.2 Å². The van der Waals surface area contributed by atoms with Gasteiger partial charge in [0.25, 0.3) is 17.7 Å². The fourth-order valence-electron chi connectivity index (χ4n) is 2.52. The van der Waals surface area contributed by atoms with Crippen molar-refractivity contribution in [2.75, 3.05) is 5.32 Å². The zero-order chi connectivity index (χ0) is 21.8. The minimum absolute atomic E-state index is 0.0848. The first-order valence-corrected chi connectivity index (χ1v) is 10.1. The van der Waals surface area contributed by atoms with Crippen LogP contribution in [0, 0.1) is 6.92 Å². The van der Waals surface area contributed by atoms with Gasteiger partial charge in [0, 0.05) is 5.02 Å². The van der Waals surface area contributed by atoms with Gasteiger partial charge in [-0.05, 0) is 48.9 Å². The molecule has 0 aliphatic heterocycles. The van der Waals surface area contributed by atoms with Crippen LogP contribution in [0.4, 0.5) is 5.00 Å². The maximum Gasteiger partial charge on any atom is 0.280 e. The predicted molar refractivity (Wildman–Crippen MR) is 117 cm³/mol. The molecule has 0 aliphatic carbocycles. The lowest BCUT2D eigenvalue weighted by molar-refractivity contribution is 0.0847. The molecule has 4 N–H and O–H groups in total. The van der Waals surface area contributed by atoms with Gasteiger partial charge in [-0.3, -0.25) is 25.2 Å². The van der Waals surface area contributed by atoms with Gasteiger partial charge < -0.3 is 10.4 Å². The molecule has 0 atom stereocenters. The molecule has 0 saturated carbocycles. The van der Waals surface area contributed by atoms with Crippen molar-refractivity contribution in [3.8, 4) is 5.75 Å². The highest BCUT2D eigenvalue weighted by Crippen LogP contribution is 2.28. The Balaban J connectivity index is 1.66. The number of rotatable bonds is 4. The number of hydrazine groups is 1. The Morgan fingerprint density at radius 2 is 1.60 bits per heavy atom. The molecule has 2 aromatic carbocycles. The van der Waals surface area contributed by atoms with Gasteiger partial charge in [0.2, 0.25) is 0 Å². The summed E-state index contributed by atoms with van der Waals surface area (Å²) in [5, 5.41) is 13.5. The van der Waals surface area contributed by atoms with Crippen molar-refractivity contribution in [3.63, 3.8) is 0 Å². The number of nitrogens with one attached hydrogen (secondary N) is 3. The molecule has 1 aromatic heterocycles. The number of carbonyl (C=O) groups is 3. The van der Waals surface area contributed by atoms with Crippen LogP contribution in [-0.2, 0) is 0 Å². The zero-order valence-electron chi connectivity index (χ0n) is 15.5. The quantitative estimate of drug-likeness (QED) is 0.430. The molecule has 7 nitrogen and oxygen atoms in total. The zero-order valence-corrected chi connectivity index (χ0v) is 17.8. The van der Waals surface area contributed by atoms with E-state index in [1.807, 2.05) is 0 Å². The highest BCUT2D eigenvalue weighted by atomic mass is 35.5. The van der Waals surface area contributed by atoms with Crippen LogP contribution < -0.4 is 16.2 Å². The Morgan fingerprint density at radius 3 is 2.33 bits per heavy atom. The van der Waals surface area contributed by atoms with E-state index in [9.17, 15) is 19.5 Å². The molecule has 0 bridgehead atoms. The normalized spacial score (nSPS) is 10.4. The first-order valence-electron chi connectivity index (χ1n) is 8.51. The van der Waals surface area contributed by atoms with Crippen molar-refractivity contribution in [2.24, 2.45) is 0 Å². The average Bonchev–Trinajstić information content (AvgIpc) is 3.08. The Labute approximate surface area is 185 Å². The molecular formula is C20H15Cl2N3O4S. The number of halogens is 2. The number of anilines is 1. The van der Waals surface area contributed by atoms with E-state index in [4.69, 9.17) is 23.2 Å². The summed E-state index contributed by atoms with van der Waals surface area (Å²) in [6.07, 6.45) is 0. The number of carbonyl (C=O) groups excluding carboxylic acids is 3. The van der Waals surface area contributed by atoms with E-state index < -0.39 is 17.7 Å². The van der Waals surface area contributed by atoms with Crippen molar-refractivity contribution < 1.29 is 19.5 Å². The number of hydrogen-bond acceptors (Lipinski definition) is 5. The molecule has 0 radical (unpaired) electrons. The van der Waals surface area contributed by atoms with E-state index in [0.717, 1.165) is 11.3 Å². The first kappa shape index (κ1) is 21.6. The van der Waals surface area contributed by atoms with Gasteiger partial charge in [-0.2, -0.15) is 0 Å². The Bertz CT molecular complexity index is 1150. The van der Waals surface area contributed by atoms with Crippen LogP contribution >= 0.6 is 34.5 Å². The van der Waals surface area contributed by atoms with Crippen LogP contribution in [0.25, 0.3) is 0 Å². The van der Waals surface area contributed by atoms with Crippen molar-refractivity contribution in [3.05, 3.63) is 80.1 Å². The maximum absolute atomic E-state index is 12.4. The van der Waals surface area contributed by atoms with Crippen LogP contribution in [0.15, 0.2) is 48.5 Å². The Hall–Kier alpha value is -3.07. The number of aromatic hydroxyl groups is 1. The molecule has 3 aromatic rings. The Kier molecular flexibility index (Phi) is 6.61. The summed E-state index contributed by atoms with van der Waals surface area (Å²) in [6, 6.07) is 12.2. The number of phenolic OH excluding ortho intramolecular Hbond substituents is 1. The van der Waals surface area contributed by atoms with E-state index in [1.54, 1.807) is 37.3 Å². The second-order valence-electron chi connectivity index (χ2n) is 6.13. The molecule has 3 rings (SSSR count). The standard InChI is InChI=1S/C20H15Cl2N3O4S/c1-10-8-16(23-18(27)12-4-2-3-5-14(12)22)30-17(10)20(29)25-24-19(28)13-9-11(21)6-7-15(13)26/h2-9,26H,1H3,(H,23,27)(H,24,28)(H,25,29). The van der Waals surface area contributed by atoms with Crippen LogP contribution in [0.2, 0.25) is 10.0 Å². The highest BCUT2D eigenvalue weighted by Gasteiger charge is 2.18. The maximum atomic E-state index is 12.4. The Morgan fingerprint density at radius 1 is 0.900 bits per heavy atom. The fourth-order valence-corrected chi connectivity index (χ4v) is 3.88. The van der Waals surface area contributed by atoms with E-state index in [2.05, 4.69) is 16.2 Å². The van der Waals surface area contributed by atoms with Gasteiger partial charge in [0.15, 0.2) is 0 Å². The van der Waals surface area contributed by atoms with Crippen molar-refractivity contribution in [2.45, 2.75) is 6.92 Å². The summed E-state index contributed by atoms with van der Waals surface area (Å²) >= 11 is 12.9. The number of hydrogen-bond donors (Lipinski definition) is 4. The lowest BCUT2D eigenvalue weighted by Crippen LogP contribution is -2.41. The molecule has 30 heavy (non-hydrogen) atoms. The highest BCUT2D eigenvalue weighted by molar-refractivity contribution is 7.18. The number of phenols is 1. The van der Waals surface area contributed by atoms with Gasteiger partial charge in [0.1, 0.15) is 5.75 Å². The minimum atomic E-state index is -0.732. The van der Waals surface area contributed by atoms with E-state index in [-0.39, 0.29) is 16.3 Å². The second-order valence-corrected chi connectivity index (χ2v) is 8.02. The molecule has 1 heterocycles. The van der Waals surface area contributed by atoms with E-state index in [0.29, 0.717) is 26.0 Å². The molecule has 154 valence electrons. The fraction of sp³-hybridized carbons (Fsp3) is 0.0500. The summed E-state index contributed by atoms with van der Waals surface area (Å²) in [7, 11) is 0. The van der Waals surface area contributed by atoms with Gasteiger partial charge in [-0.1, -0.05) is 35.3 Å². The van der Waals surface area contributed by atoms with Gasteiger partial charge in [-0.15, -0.1) is 11.3 Å². The van der Waals surface area contributed by atoms with Gasteiger partial charge in [0.05, 0.1) is 26.0 Å². The van der Waals surface area contributed by atoms with E-state index >= 15 is 0 Å². The summed E-state index contributed by atoms with van der Waals surface area (Å²) in [5.41, 5.74) is 5.33. The molecule has 0 aliphatic rings. The number of amides is 3. The third kappa shape index (κ3) is 4.91. The van der Waals surface area contributed by atoms with Crippen LogP contribution in [0.3, 0.4) is 0 Å². The molecule has 0 unspecified atom stereocenters. The lowest BCUT2D eigenvalue weighted by Gasteiger charge is -2.08. The topological polar surface area (TPSA) is 108 Å². The molecular weight excluding hydrogens is 449 g/mol. The molecule has 10 heteroatoms. The second kappa shape index (κ2) is 9.17. The molecule has 0 fully saturated rings. The molecule has 0 saturated heterocycles. The molecule has 3 amide bonds. The summed E-state index contributed by atoms with van der Waals surface area (Å²) in [5.74, 6) is -1.99. The van der Waals surface area contributed by atoms with Crippen LogP contribution in [-0.4, -0.2) is 22.8 Å². The lowest BCUT2D eigenvalue weighted by atomic mass is 10.2. The molecule has 0 spiro atoms. The summed E-state index contributed by atoms with van der Waals surface area (Å²) in [4.78, 5) is 37.3. The smallest absolute Gasteiger partial charge is 0.280 e. The van der Waals surface area contributed by atoms with Crippen LogP contribution in [0.5, 0.6) is 5.75 Å². The first-order chi connectivity index (χ1) is 14.3. The predicted octanol–water partition coefficient (Wildman–Crippen LogP) is 4.40. The summed E-state index contributed by atoms with van der Waals surface area (Å²) < 4.78 is 0. The van der Waals surface area contributed by atoms with Crippen molar-refractivity contribution >= 4 is 57.3 Å². The summed E-state index contributed by atoms with van der Waals surface area (Å²) in [6.45, 7) is 1.70. The number of thiophene rings is 1. The average molecular weight is 464 g/mol. The van der Waals surface area contributed by atoms with Crippen LogP contribution in [0.1, 0.15) is 36.0 Å². The third-order valence-corrected chi connectivity index (χ3v) is 5.69. The van der Waals surface area contributed by atoms with Crippen molar-refractivity contribution in [1.29, 1.82) is 0 Å². The monoisotopic (exact) mass is 463 g/mol. The third-order valence-electron chi connectivity index (χ3n) is 3.97. The van der Waals surface area contributed by atoms with Gasteiger partial charge in [-0.25, -0.2) is 0 Å². The number of benzene rings is 2. The minimum Gasteiger partial charge on any atom is -0.507 e.